The molecule has 0 N–H and O–H groups in total. The highest BCUT2D eigenvalue weighted by atomic mass is 35.5. The predicted octanol–water partition coefficient (Wildman–Crippen LogP) is 2.61. The third-order valence-electron chi connectivity index (χ3n) is 2.05. The molecule has 0 radical (unpaired) electrons. The average molecular weight is 296 g/mol. The largest absolute Gasteiger partial charge is 0.402 e. The van der Waals surface area contributed by atoms with Crippen LogP contribution in [0, 0.1) is 0 Å². The van der Waals surface area contributed by atoms with Gasteiger partial charge in [0.25, 0.3) is 0 Å². The molecular weight excluding hydrogens is 279 g/mol. The molecule has 0 heterocycles. The summed E-state index contributed by atoms with van der Waals surface area (Å²) in [6.45, 7) is 0.273. The molecule has 0 aromatic carbocycles. The van der Waals surface area contributed by atoms with Crippen LogP contribution in [0.1, 0.15) is 26.2 Å². The van der Waals surface area contributed by atoms with Gasteiger partial charge in [-0.25, -0.2) is 8.42 Å². The standard InChI is InChI=1S/C9H17ClF3NO2S/c1-2-3-6-14(8-9(11,12)13)17(15,16)7-4-5-10/h2-8H2,1H3. The maximum absolute atomic E-state index is 12.3. The first-order chi connectivity index (χ1) is 7.73. The highest BCUT2D eigenvalue weighted by Gasteiger charge is 2.35. The van der Waals surface area contributed by atoms with E-state index in [4.69, 9.17) is 11.6 Å². The van der Waals surface area contributed by atoms with E-state index in [1.807, 2.05) is 0 Å². The van der Waals surface area contributed by atoms with Crippen LogP contribution in [0.25, 0.3) is 0 Å². The summed E-state index contributed by atoms with van der Waals surface area (Å²) in [4.78, 5) is 0. The molecule has 0 spiro atoms. The number of alkyl halides is 4. The first kappa shape index (κ1) is 17.0. The molecule has 0 fully saturated rings. The van der Waals surface area contributed by atoms with Crippen LogP contribution in [0.2, 0.25) is 0 Å². The topological polar surface area (TPSA) is 37.4 Å². The molecule has 0 amide bonds. The van der Waals surface area contributed by atoms with Crippen LogP contribution in [-0.2, 0) is 10.0 Å². The summed E-state index contributed by atoms with van der Waals surface area (Å²) in [5, 5.41) is 0. The summed E-state index contributed by atoms with van der Waals surface area (Å²) < 4.78 is 60.5. The second-order valence-corrected chi connectivity index (χ2v) is 6.13. The number of nitrogens with zero attached hydrogens (tertiary/aromatic N) is 1. The maximum Gasteiger partial charge on any atom is 0.402 e. The van der Waals surface area contributed by atoms with Crippen molar-refractivity contribution in [1.29, 1.82) is 0 Å². The van der Waals surface area contributed by atoms with E-state index < -0.39 is 22.7 Å². The highest BCUT2D eigenvalue weighted by molar-refractivity contribution is 7.89. The molecule has 0 aliphatic heterocycles. The van der Waals surface area contributed by atoms with E-state index >= 15 is 0 Å². The van der Waals surface area contributed by atoms with Crippen molar-refractivity contribution in [3.63, 3.8) is 0 Å². The van der Waals surface area contributed by atoms with Crippen molar-refractivity contribution in [3.05, 3.63) is 0 Å². The van der Waals surface area contributed by atoms with Crippen molar-refractivity contribution in [2.45, 2.75) is 32.4 Å². The smallest absolute Gasteiger partial charge is 0.212 e. The van der Waals surface area contributed by atoms with E-state index in [1.165, 1.54) is 0 Å². The lowest BCUT2D eigenvalue weighted by molar-refractivity contribution is -0.136. The summed E-state index contributed by atoms with van der Waals surface area (Å²) in [6, 6.07) is 0. The number of hydrogen-bond acceptors (Lipinski definition) is 2. The van der Waals surface area contributed by atoms with Gasteiger partial charge in [-0.2, -0.15) is 17.5 Å². The Morgan fingerprint density at radius 2 is 1.82 bits per heavy atom. The van der Waals surface area contributed by atoms with Crippen molar-refractivity contribution in [2.75, 3.05) is 24.7 Å². The van der Waals surface area contributed by atoms with E-state index in [0.29, 0.717) is 17.1 Å². The lowest BCUT2D eigenvalue weighted by Crippen LogP contribution is -2.40. The third-order valence-corrected chi connectivity index (χ3v) is 4.22. The zero-order valence-corrected chi connectivity index (χ0v) is 11.2. The highest BCUT2D eigenvalue weighted by Crippen LogP contribution is 2.19. The van der Waals surface area contributed by atoms with Gasteiger partial charge in [0, 0.05) is 12.4 Å². The van der Waals surface area contributed by atoms with E-state index in [1.54, 1.807) is 6.92 Å². The Labute approximate surface area is 105 Å². The molecule has 104 valence electrons. The minimum atomic E-state index is -4.51. The molecule has 0 aliphatic rings. The lowest BCUT2D eigenvalue weighted by atomic mass is 10.3. The second-order valence-electron chi connectivity index (χ2n) is 3.66. The normalized spacial score (nSPS) is 13.3. The summed E-state index contributed by atoms with van der Waals surface area (Å²) in [5.74, 6) is -0.219. The van der Waals surface area contributed by atoms with Gasteiger partial charge in [-0.1, -0.05) is 13.3 Å². The van der Waals surface area contributed by atoms with Crippen LogP contribution in [-0.4, -0.2) is 43.6 Å². The Bertz CT molecular complexity index is 306. The molecule has 17 heavy (non-hydrogen) atoms. The molecule has 0 saturated heterocycles. The summed E-state index contributed by atoms with van der Waals surface area (Å²) in [7, 11) is -3.86. The second kappa shape index (κ2) is 7.43. The monoisotopic (exact) mass is 295 g/mol. The zero-order valence-electron chi connectivity index (χ0n) is 9.63. The van der Waals surface area contributed by atoms with E-state index in [2.05, 4.69) is 0 Å². The van der Waals surface area contributed by atoms with Crippen LogP contribution >= 0.6 is 11.6 Å². The van der Waals surface area contributed by atoms with Crippen LogP contribution in [0.3, 0.4) is 0 Å². The fourth-order valence-corrected chi connectivity index (χ4v) is 3.03. The van der Waals surface area contributed by atoms with Gasteiger partial charge in [-0.15, -0.1) is 11.6 Å². The van der Waals surface area contributed by atoms with Crippen molar-refractivity contribution in [1.82, 2.24) is 4.31 Å². The van der Waals surface area contributed by atoms with Crippen LogP contribution in [0.15, 0.2) is 0 Å². The molecule has 0 saturated carbocycles. The number of rotatable bonds is 8. The fraction of sp³-hybridized carbons (Fsp3) is 1.00. The molecule has 8 heteroatoms. The van der Waals surface area contributed by atoms with E-state index in [9.17, 15) is 21.6 Å². The van der Waals surface area contributed by atoms with Crippen molar-refractivity contribution in [3.8, 4) is 0 Å². The number of hydrogen-bond donors (Lipinski definition) is 0. The fourth-order valence-electron chi connectivity index (χ4n) is 1.22. The van der Waals surface area contributed by atoms with Crippen molar-refractivity contribution >= 4 is 21.6 Å². The predicted molar refractivity (Wildman–Crippen MR) is 61.7 cm³/mol. The Balaban J connectivity index is 4.65. The molecule has 0 atom stereocenters. The van der Waals surface area contributed by atoms with Gasteiger partial charge >= 0.3 is 6.18 Å². The Kier molecular flexibility index (Phi) is 7.43. The van der Waals surface area contributed by atoms with Crippen molar-refractivity contribution < 1.29 is 21.6 Å². The Hall–Kier alpha value is -0.0100. The molecular formula is C9H17ClF3NO2S. The van der Waals surface area contributed by atoms with Gasteiger partial charge in [0.1, 0.15) is 6.54 Å². The van der Waals surface area contributed by atoms with Gasteiger partial charge in [0.15, 0.2) is 0 Å². The van der Waals surface area contributed by atoms with Gasteiger partial charge in [0.2, 0.25) is 10.0 Å². The third kappa shape index (κ3) is 7.83. The molecule has 0 aromatic rings. The SMILES string of the molecule is CCCCN(CC(F)(F)F)S(=O)(=O)CCCCl. The minimum absolute atomic E-state index is 0.0966. The first-order valence-electron chi connectivity index (χ1n) is 5.33. The number of halogens is 4. The van der Waals surface area contributed by atoms with Crippen LogP contribution < -0.4 is 0 Å². The lowest BCUT2D eigenvalue weighted by Gasteiger charge is -2.23. The molecule has 0 aliphatic carbocycles. The molecule has 0 unspecified atom stereocenters. The molecule has 3 nitrogen and oxygen atoms in total. The average Bonchev–Trinajstić information content (AvgIpc) is 2.19. The number of sulfonamides is 1. The molecule has 0 bridgehead atoms. The number of unbranched alkanes of at least 4 members (excludes halogenated alkanes) is 1. The maximum atomic E-state index is 12.3. The Morgan fingerprint density at radius 3 is 2.24 bits per heavy atom. The molecule has 0 aromatic heterocycles. The molecule has 0 rings (SSSR count). The summed E-state index contributed by atoms with van der Waals surface area (Å²) >= 11 is 5.34. The van der Waals surface area contributed by atoms with Crippen LogP contribution in [0.5, 0.6) is 0 Å². The van der Waals surface area contributed by atoms with Gasteiger partial charge in [0.05, 0.1) is 5.75 Å². The van der Waals surface area contributed by atoms with Crippen molar-refractivity contribution in [2.24, 2.45) is 0 Å². The summed E-state index contributed by atoms with van der Waals surface area (Å²) in [6.07, 6.45) is -3.30. The Morgan fingerprint density at radius 1 is 1.24 bits per heavy atom. The summed E-state index contributed by atoms with van der Waals surface area (Å²) in [5.41, 5.74) is 0. The van der Waals surface area contributed by atoms with E-state index in [-0.39, 0.29) is 24.6 Å². The first-order valence-corrected chi connectivity index (χ1v) is 7.48. The van der Waals surface area contributed by atoms with E-state index in [0.717, 1.165) is 0 Å². The minimum Gasteiger partial charge on any atom is -0.212 e. The van der Waals surface area contributed by atoms with Gasteiger partial charge in [-0.05, 0) is 12.8 Å². The zero-order chi connectivity index (χ0) is 13.5. The van der Waals surface area contributed by atoms with Gasteiger partial charge in [-0.3, -0.25) is 0 Å². The van der Waals surface area contributed by atoms with Gasteiger partial charge < -0.3 is 0 Å². The quantitative estimate of drug-likeness (QED) is 0.646. The van der Waals surface area contributed by atoms with Crippen LogP contribution in [0.4, 0.5) is 13.2 Å².